The van der Waals surface area contributed by atoms with Crippen LogP contribution in [0.4, 0.5) is 24.5 Å². The second-order valence-corrected chi connectivity index (χ2v) is 6.46. The van der Waals surface area contributed by atoms with Crippen molar-refractivity contribution in [1.82, 2.24) is 0 Å². The molecule has 0 atom stereocenters. The number of halogens is 3. The minimum atomic E-state index is -1.28. The van der Waals surface area contributed by atoms with E-state index in [0.29, 0.717) is 16.8 Å². The number of rotatable bonds is 6. The molecule has 0 bridgehead atoms. The summed E-state index contributed by atoms with van der Waals surface area (Å²) in [4.78, 5) is 12.0. The molecule has 4 nitrogen and oxygen atoms in total. The van der Waals surface area contributed by atoms with Crippen molar-refractivity contribution in [3.63, 3.8) is 0 Å². The molecule has 0 aliphatic carbocycles. The summed E-state index contributed by atoms with van der Waals surface area (Å²) in [7, 11) is 1.49. The molecule has 0 unspecified atom stereocenters. The second-order valence-electron chi connectivity index (χ2n) is 6.46. The van der Waals surface area contributed by atoms with E-state index < -0.39 is 30.0 Å². The summed E-state index contributed by atoms with van der Waals surface area (Å²) in [6, 6.07) is 13.3. The minimum Gasteiger partial charge on any atom is -0.479 e. The zero-order valence-electron chi connectivity index (χ0n) is 15.7. The third kappa shape index (κ3) is 4.34. The van der Waals surface area contributed by atoms with Crippen molar-refractivity contribution >= 4 is 17.3 Å². The van der Waals surface area contributed by atoms with Gasteiger partial charge >= 0.3 is 5.97 Å². The second kappa shape index (κ2) is 8.26. The standard InChI is InChI=1S/C22H18F3NO3/c1-13-6-7-15(14-4-3-5-16(23)10-14)11-18(13)26(2)22-17(24)8-9-19(21(22)25)29-12-20(27)28/h3-11H,12H2,1-2H3,(H,27,28). The van der Waals surface area contributed by atoms with Gasteiger partial charge in [-0.3, -0.25) is 0 Å². The van der Waals surface area contributed by atoms with Gasteiger partial charge in [0.05, 0.1) is 0 Å². The van der Waals surface area contributed by atoms with Crippen LogP contribution >= 0.6 is 0 Å². The SMILES string of the molecule is Cc1ccc(-c2cccc(F)c2)cc1N(C)c1c(F)ccc(OCC(=O)O)c1F. The van der Waals surface area contributed by atoms with Crippen LogP contribution in [0.3, 0.4) is 0 Å². The maximum Gasteiger partial charge on any atom is 0.341 e. The fraction of sp³-hybridized carbons (Fsp3) is 0.136. The normalized spacial score (nSPS) is 10.7. The summed E-state index contributed by atoms with van der Waals surface area (Å²) in [5, 5.41) is 8.71. The van der Waals surface area contributed by atoms with Gasteiger partial charge in [-0.1, -0.05) is 24.3 Å². The van der Waals surface area contributed by atoms with Crippen molar-refractivity contribution in [3.8, 4) is 16.9 Å². The van der Waals surface area contributed by atoms with Gasteiger partial charge in [0, 0.05) is 12.7 Å². The summed E-state index contributed by atoms with van der Waals surface area (Å²) in [5.74, 6) is -3.87. The molecule has 0 spiro atoms. The van der Waals surface area contributed by atoms with E-state index in [1.165, 1.54) is 24.1 Å². The summed E-state index contributed by atoms with van der Waals surface area (Å²) < 4.78 is 47.8. The highest BCUT2D eigenvalue weighted by atomic mass is 19.1. The summed E-state index contributed by atoms with van der Waals surface area (Å²) in [5.41, 5.74) is 2.16. The van der Waals surface area contributed by atoms with Crippen molar-refractivity contribution in [2.24, 2.45) is 0 Å². The van der Waals surface area contributed by atoms with Gasteiger partial charge in [-0.05, 0) is 53.9 Å². The zero-order chi connectivity index (χ0) is 21.1. The summed E-state index contributed by atoms with van der Waals surface area (Å²) >= 11 is 0. The van der Waals surface area contributed by atoms with Gasteiger partial charge in [-0.15, -0.1) is 0 Å². The highest BCUT2D eigenvalue weighted by Crippen LogP contribution is 2.37. The molecule has 29 heavy (non-hydrogen) atoms. The van der Waals surface area contributed by atoms with E-state index in [2.05, 4.69) is 0 Å². The largest absolute Gasteiger partial charge is 0.479 e. The number of aryl methyl sites for hydroxylation is 1. The van der Waals surface area contributed by atoms with Crippen LogP contribution in [0.1, 0.15) is 5.56 Å². The van der Waals surface area contributed by atoms with E-state index in [1.807, 2.05) is 0 Å². The number of carbonyl (C=O) groups is 1. The van der Waals surface area contributed by atoms with Crippen LogP contribution in [-0.4, -0.2) is 24.7 Å². The molecule has 1 N–H and O–H groups in total. The Kier molecular flexibility index (Phi) is 5.77. The lowest BCUT2D eigenvalue weighted by atomic mass is 10.0. The van der Waals surface area contributed by atoms with E-state index in [1.54, 1.807) is 37.3 Å². The van der Waals surface area contributed by atoms with Gasteiger partial charge < -0.3 is 14.7 Å². The number of ether oxygens (including phenoxy) is 1. The first-order valence-electron chi connectivity index (χ1n) is 8.71. The topological polar surface area (TPSA) is 49.8 Å². The Hall–Kier alpha value is -3.48. The van der Waals surface area contributed by atoms with Crippen LogP contribution in [0.15, 0.2) is 54.6 Å². The Morgan fingerprint density at radius 2 is 1.76 bits per heavy atom. The molecule has 0 amide bonds. The number of carboxylic acid groups (broad SMARTS) is 1. The van der Waals surface area contributed by atoms with E-state index >= 15 is 0 Å². The third-order valence-corrected chi connectivity index (χ3v) is 4.45. The molecule has 3 rings (SSSR count). The molecule has 0 fully saturated rings. The lowest BCUT2D eigenvalue weighted by Gasteiger charge is -2.24. The first kappa shape index (κ1) is 20.3. The molecule has 0 aromatic heterocycles. The molecule has 0 heterocycles. The Morgan fingerprint density at radius 1 is 1.03 bits per heavy atom. The number of nitrogens with zero attached hydrogens (tertiary/aromatic N) is 1. The number of carboxylic acids is 1. The van der Waals surface area contributed by atoms with Gasteiger partial charge in [0.15, 0.2) is 18.2 Å². The van der Waals surface area contributed by atoms with Crippen LogP contribution < -0.4 is 9.64 Å². The molecule has 3 aromatic rings. The fourth-order valence-corrected chi connectivity index (χ4v) is 3.02. The predicted octanol–water partition coefficient (Wildman–Crippen LogP) is 5.31. The van der Waals surface area contributed by atoms with Crippen molar-refractivity contribution in [1.29, 1.82) is 0 Å². The number of benzene rings is 3. The highest BCUT2D eigenvalue weighted by Gasteiger charge is 2.21. The van der Waals surface area contributed by atoms with Crippen LogP contribution in [0.5, 0.6) is 5.75 Å². The van der Waals surface area contributed by atoms with E-state index in [9.17, 15) is 18.0 Å². The van der Waals surface area contributed by atoms with Gasteiger partial charge in [0.1, 0.15) is 17.3 Å². The monoisotopic (exact) mass is 401 g/mol. The molecule has 0 aliphatic rings. The average molecular weight is 401 g/mol. The Labute approximate surface area is 165 Å². The maximum absolute atomic E-state index is 14.9. The molecule has 3 aromatic carbocycles. The molecule has 0 saturated carbocycles. The summed E-state index contributed by atoms with van der Waals surface area (Å²) in [6.45, 7) is 1.03. The van der Waals surface area contributed by atoms with Gasteiger partial charge in [0.2, 0.25) is 0 Å². The molecular formula is C22H18F3NO3. The van der Waals surface area contributed by atoms with Crippen molar-refractivity contribution in [2.75, 3.05) is 18.6 Å². The highest BCUT2D eigenvalue weighted by molar-refractivity contribution is 5.75. The molecule has 0 radical (unpaired) electrons. The van der Waals surface area contributed by atoms with Gasteiger partial charge in [-0.2, -0.15) is 0 Å². The number of hydrogen-bond donors (Lipinski definition) is 1. The van der Waals surface area contributed by atoms with Crippen LogP contribution in [0.2, 0.25) is 0 Å². The first-order valence-corrected chi connectivity index (χ1v) is 8.71. The average Bonchev–Trinajstić information content (AvgIpc) is 2.67. The Morgan fingerprint density at radius 3 is 2.45 bits per heavy atom. The fourth-order valence-electron chi connectivity index (χ4n) is 3.02. The Bertz CT molecular complexity index is 1070. The van der Waals surface area contributed by atoms with Crippen molar-refractivity contribution in [3.05, 3.63) is 77.6 Å². The van der Waals surface area contributed by atoms with Crippen LogP contribution in [0.25, 0.3) is 11.1 Å². The predicted molar refractivity (Wildman–Crippen MR) is 104 cm³/mol. The van der Waals surface area contributed by atoms with Gasteiger partial charge in [-0.25, -0.2) is 18.0 Å². The molecule has 0 saturated heterocycles. The van der Waals surface area contributed by atoms with Crippen molar-refractivity contribution in [2.45, 2.75) is 6.92 Å². The minimum absolute atomic E-state index is 0.366. The molecule has 150 valence electrons. The van der Waals surface area contributed by atoms with Crippen LogP contribution in [-0.2, 0) is 4.79 Å². The quantitative estimate of drug-likeness (QED) is 0.608. The lowest BCUT2D eigenvalue weighted by molar-refractivity contribution is -0.139. The Balaban J connectivity index is 2.04. The molecule has 7 heteroatoms. The zero-order valence-corrected chi connectivity index (χ0v) is 15.7. The lowest BCUT2D eigenvalue weighted by Crippen LogP contribution is -2.16. The van der Waals surface area contributed by atoms with Gasteiger partial charge in [0.25, 0.3) is 0 Å². The number of hydrogen-bond acceptors (Lipinski definition) is 3. The first-order chi connectivity index (χ1) is 13.8. The van der Waals surface area contributed by atoms with E-state index in [4.69, 9.17) is 9.84 Å². The maximum atomic E-state index is 14.9. The molecular weight excluding hydrogens is 383 g/mol. The van der Waals surface area contributed by atoms with Crippen LogP contribution in [0, 0.1) is 24.4 Å². The van der Waals surface area contributed by atoms with Crippen molar-refractivity contribution < 1.29 is 27.8 Å². The van der Waals surface area contributed by atoms with E-state index in [0.717, 1.165) is 17.7 Å². The number of anilines is 2. The van der Waals surface area contributed by atoms with E-state index in [-0.39, 0.29) is 11.4 Å². The third-order valence-electron chi connectivity index (χ3n) is 4.45. The molecule has 0 aliphatic heterocycles. The summed E-state index contributed by atoms with van der Waals surface area (Å²) in [6.07, 6.45) is 0. The number of aliphatic carboxylic acids is 1. The smallest absolute Gasteiger partial charge is 0.341 e.